The van der Waals surface area contributed by atoms with Gasteiger partial charge in [0.05, 0.1) is 0 Å². The van der Waals surface area contributed by atoms with Gasteiger partial charge in [0.15, 0.2) is 5.75 Å². The molecule has 0 aromatic heterocycles. The van der Waals surface area contributed by atoms with Crippen LogP contribution in [-0.4, -0.2) is 31.8 Å². The van der Waals surface area contributed by atoms with Gasteiger partial charge in [-0.2, -0.15) is 0 Å². The van der Waals surface area contributed by atoms with E-state index in [9.17, 15) is 13.2 Å². The van der Waals surface area contributed by atoms with Crippen LogP contribution in [0.5, 0.6) is 0 Å². The molecule has 0 saturated heterocycles. The Morgan fingerprint density at radius 2 is 1.88 bits per heavy atom. The van der Waals surface area contributed by atoms with Gasteiger partial charge in [-0.3, -0.25) is 4.79 Å². The number of carboxylic acid groups (broad SMARTS) is 1. The fourth-order valence-electron chi connectivity index (χ4n) is 1.99. The van der Waals surface area contributed by atoms with Gasteiger partial charge in [0.25, 0.3) is 0 Å². The first-order chi connectivity index (χ1) is 7.39. The van der Waals surface area contributed by atoms with E-state index in [1.807, 2.05) is 0 Å². The maximum atomic E-state index is 11.3. The van der Waals surface area contributed by atoms with E-state index in [4.69, 9.17) is 5.11 Å². The number of carbonyl (C=O) groups is 1. The van der Waals surface area contributed by atoms with Crippen LogP contribution in [0, 0.1) is 11.8 Å². The Labute approximate surface area is 96.3 Å². The van der Waals surface area contributed by atoms with Crippen molar-refractivity contribution in [1.29, 1.82) is 0 Å². The van der Waals surface area contributed by atoms with Crippen molar-refractivity contribution >= 4 is 16.0 Å². The number of rotatable bonds is 5. The second-order valence-electron chi connectivity index (χ2n) is 4.63. The van der Waals surface area contributed by atoms with Crippen molar-refractivity contribution in [3.63, 3.8) is 0 Å². The summed E-state index contributed by atoms with van der Waals surface area (Å²) in [6, 6.07) is 0. The van der Waals surface area contributed by atoms with Gasteiger partial charge in [0, 0.05) is 6.54 Å². The van der Waals surface area contributed by atoms with E-state index in [2.05, 4.69) is 11.6 Å². The van der Waals surface area contributed by atoms with Crippen molar-refractivity contribution < 1.29 is 18.3 Å². The minimum atomic E-state index is -3.64. The van der Waals surface area contributed by atoms with Gasteiger partial charge in [-0.1, -0.05) is 19.8 Å². The predicted octanol–water partition coefficient (Wildman–Crippen LogP) is 0.817. The normalized spacial score (nSPS) is 26.6. The van der Waals surface area contributed by atoms with Crippen molar-refractivity contribution in [3.8, 4) is 0 Å². The SMILES string of the molecule is CC1CCC(CNS(=O)(=O)CC(=O)O)CC1. The molecule has 0 radical (unpaired) electrons. The van der Waals surface area contributed by atoms with Crippen LogP contribution in [0.3, 0.4) is 0 Å². The number of hydrogen-bond donors (Lipinski definition) is 2. The van der Waals surface area contributed by atoms with Crippen molar-refractivity contribution in [2.45, 2.75) is 32.6 Å². The summed E-state index contributed by atoms with van der Waals surface area (Å²) in [7, 11) is -3.64. The van der Waals surface area contributed by atoms with E-state index in [0.717, 1.165) is 31.6 Å². The third-order valence-electron chi connectivity index (χ3n) is 3.04. The Balaban J connectivity index is 2.31. The zero-order valence-corrected chi connectivity index (χ0v) is 10.3. The van der Waals surface area contributed by atoms with Crippen LogP contribution in [-0.2, 0) is 14.8 Å². The second kappa shape index (κ2) is 5.63. The molecule has 5 nitrogen and oxygen atoms in total. The highest BCUT2D eigenvalue weighted by molar-refractivity contribution is 7.90. The molecule has 0 atom stereocenters. The summed E-state index contributed by atoms with van der Waals surface area (Å²) < 4.78 is 24.9. The van der Waals surface area contributed by atoms with E-state index in [0.29, 0.717) is 12.5 Å². The summed E-state index contributed by atoms with van der Waals surface area (Å²) in [5.74, 6) is -1.06. The number of sulfonamides is 1. The van der Waals surface area contributed by atoms with E-state index >= 15 is 0 Å². The molecule has 0 spiro atoms. The third-order valence-corrected chi connectivity index (χ3v) is 4.27. The molecule has 0 aromatic rings. The highest BCUT2D eigenvalue weighted by Crippen LogP contribution is 2.27. The van der Waals surface area contributed by atoms with Crippen LogP contribution in [0.4, 0.5) is 0 Å². The van der Waals surface area contributed by atoms with Gasteiger partial charge in [0.1, 0.15) is 0 Å². The zero-order valence-electron chi connectivity index (χ0n) is 9.48. The van der Waals surface area contributed by atoms with Gasteiger partial charge in [0.2, 0.25) is 10.0 Å². The molecular weight excluding hydrogens is 230 g/mol. The smallest absolute Gasteiger partial charge is 0.320 e. The lowest BCUT2D eigenvalue weighted by Crippen LogP contribution is -2.34. The van der Waals surface area contributed by atoms with Crippen LogP contribution in [0.2, 0.25) is 0 Å². The summed E-state index contributed by atoms with van der Waals surface area (Å²) in [5, 5.41) is 8.40. The van der Waals surface area contributed by atoms with Gasteiger partial charge >= 0.3 is 5.97 Å². The Morgan fingerprint density at radius 1 is 1.31 bits per heavy atom. The molecular formula is C10H19NO4S. The molecule has 6 heteroatoms. The molecule has 0 heterocycles. The fourth-order valence-corrected chi connectivity index (χ4v) is 2.91. The number of nitrogens with one attached hydrogen (secondary N) is 1. The molecule has 0 bridgehead atoms. The second-order valence-corrected chi connectivity index (χ2v) is 6.43. The molecule has 0 aromatic carbocycles. The largest absolute Gasteiger partial charge is 0.480 e. The van der Waals surface area contributed by atoms with E-state index in [1.54, 1.807) is 0 Å². The van der Waals surface area contributed by atoms with Gasteiger partial charge in [-0.05, 0) is 24.7 Å². The molecule has 1 fully saturated rings. The Morgan fingerprint density at radius 3 is 2.38 bits per heavy atom. The van der Waals surface area contributed by atoms with E-state index < -0.39 is 21.7 Å². The highest BCUT2D eigenvalue weighted by atomic mass is 32.2. The van der Waals surface area contributed by atoms with Crippen LogP contribution in [0.1, 0.15) is 32.6 Å². The molecule has 2 N–H and O–H groups in total. The molecule has 0 unspecified atom stereocenters. The third kappa shape index (κ3) is 4.94. The topological polar surface area (TPSA) is 83.5 Å². The molecule has 1 aliphatic carbocycles. The van der Waals surface area contributed by atoms with Crippen molar-refractivity contribution in [2.24, 2.45) is 11.8 Å². The maximum absolute atomic E-state index is 11.3. The van der Waals surface area contributed by atoms with Crippen LogP contribution in [0.25, 0.3) is 0 Å². The standard InChI is InChI=1S/C10H19NO4S/c1-8-2-4-9(5-3-8)6-11-16(14,15)7-10(12)13/h8-9,11H,2-7H2,1H3,(H,12,13). The average molecular weight is 249 g/mol. The Hall–Kier alpha value is -0.620. The molecule has 16 heavy (non-hydrogen) atoms. The maximum Gasteiger partial charge on any atom is 0.320 e. The lowest BCUT2D eigenvalue weighted by atomic mass is 9.83. The molecule has 0 aliphatic heterocycles. The van der Waals surface area contributed by atoms with Crippen LogP contribution < -0.4 is 4.72 Å². The zero-order chi connectivity index (χ0) is 12.2. The lowest BCUT2D eigenvalue weighted by Gasteiger charge is -2.25. The summed E-state index contributed by atoms with van der Waals surface area (Å²) >= 11 is 0. The molecule has 94 valence electrons. The van der Waals surface area contributed by atoms with Gasteiger partial charge in [-0.25, -0.2) is 13.1 Å². The van der Waals surface area contributed by atoms with E-state index in [-0.39, 0.29) is 0 Å². The first-order valence-corrected chi connectivity index (χ1v) is 7.23. The average Bonchev–Trinajstić information content (AvgIpc) is 2.15. The summed E-state index contributed by atoms with van der Waals surface area (Å²) in [4.78, 5) is 10.3. The molecule has 1 rings (SSSR count). The first-order valence-electron chi connectivity index (χ1n) is 5.58. The van der Waals surface area contributed by atoms with E-state index in [1.165, 1.54) is 0 Å². The quantitative estimate of drug-likeness (QED) is 0.755. The molecule has 1 aliphatic rings. The van der Waals surface area contributed by atoms with Crippen molar-refractivity contribution in [3.05, 3.63) is 0 Å². The Bertz CT molecular complexity index is 331. The van der Waals surface area contributed by atoms with Crippen LogP contribution >= 0.6 is 0 Å². The predicted molar refractivity (Wildman–Crippen MR) is 60.5 cm³/mol. The van der Waals surface area contributed by atoms with Gasteiger partial charge < -0.3 is 5.11 Å². The summed E-state index contributed by atoms with van der Waals surface area (Å²) in [6.07, 6.45) is 4.31. The monoisotopic (exact) mass is 249 g/mol. The minimum absolute atomic E-state index is 0.361. The first kappa shape index (κ1) is 13.4. The number of hydrogen-bond acceptors (Lipinski definition) is 3. The van der Waals surface area contributed by atoms with Crippen molar-refractivity contribution in [1.82, 2.24) is 4.72 Å². The van der Waals surface area contributed by atoms with Crippen molar-refractivity contribution in [2.75, 3.05) is 12.3 Å². The van der Waals surface area contributed by atoms with Crippen LogP contribution in [0.15, 0.2) is 0 Å². The highest BCUT2D eigenvalue weighted by Gasteiger charge is 2.21. The summed E-state index contributed by atoms with van der Waals surface area (Å²) in [5.41, 5.74) is 0. The lowest BCUT2D eigenvalue weighted by molar-refractivity contribution is -0.134. The number of carboxylic acids is 1. The Kier molecular flexibility index (Phi) is 4.73. The molecule has 0 amide bonds. The fraction of sp³-hybridized carbons (Fsp3) is 0.900. The van der Waals surface area contributed by atoms with Gasteiger partial charge in [-0.15, -0.1) is 0 Å². The summed E-state index contributed by atoms with van der Waals surface area (Å²) in [6.45, 7) is 2.58. The molecule has 1 saturated carbocycles. The minimum Gasteiger partial charge on any atom is -0.480 e. The number of aliphatic carboxylic acids is 1.